The number of hydrogen-bond donors (Lipinski definition) is 0. The molecule has 0 spiro atoms. The molecule has 0 radical (unpaired) electrons. The zero-order valence-corrected chi connectivity index (χ0v) is 13.2. The van der Waals surface area contributed by atoms with Crippen LogP contribution >= 0.6 is 27.5 Å². The molecule has 1 heterocycles. The molecule has 19 heavy (non-hydrogen) atoms. The molecule has 0 atom stereocenters. The summed E-state index contributed by atoms with van der Waals surface area (Å²) >= 11 is 9.70. The minimum Gasteiger partial charge on any atom is -0.233 e. The Balaban J connectivity index is 2.11. The van der Waals surface area contributed by atoms with Crippen molar-refractivity contribution in [3.8, 4) is 11.4 Å². The van der Waals surface area contributed by atoms with Crippen molar-refractivity contribution in [2.75, 3.05) is 0 Å². The van der Waals surface area contributed by atoms with Crippen molar-refractivity contribution in [3.63, 3.8) is 0 Å². The molecule has 0 saturated heterocycles. The molecule has 1 aromatic carbocycles. The molecular formula is C15H14BrClN2. The molecule has 1 aromatic heterocycles. The highest BCUT2D eigenvalue weighted by Gasteiger charge is 2.26. The molecule has 1 aliphatic carbocycles. The maximum absolute atomic E-state index is 6.12. The largest absolute Gasteiger partial charge is 0.233 e. The van der Waals surface area contributed by atoms with Gasteiger partial charge in [-0.15, -0.1) is 0 Å². The fraction of sp³-hybridized carbons (Fsp3) is 0.333. The smallest absolute Gasteiger partial charge is 0.161 e. The normalized spacial score (nSPS) is 14.7. The number of rotatable bonds is 2. The maximum atomic E-state index is 6.12. The van der Waals surface area contributed by atoms with Crippen molar-refractivity contribution in [3.05, 3.63) is 44.6 Å². The van der Waals surface area contributed by atoms with Crippen LogP contribution in [0.25, 0.3) is 11.4 Å². The van der Waals surface area contributed by atoms with Crippen molar-refractivity contribution in [2.24, 2.45) is 0 Å². The van der Waals surface area contributed by atoms with Gasteiger partial charge in [-0.3, -0.25) is 0 Å². The molecule has 2 nitrogen and oxygen atoms in total. The third-order valence-electron chi connectivity index (χ3n) is 3.40. The van der Waals surface area contributed by atoms with Crippen LogP contribution in [-0.2, 0) is 0 Å². The lowest BCUT2D eigenvalue weighted by Crippen LogP contribution is -1.96. The summed E-state index contributed by atoms with van der Waals surface area (Å²) in [5.41, 5.74) is 4.48. The van der Waals surface area contributed by atoms with E-state index in [0.717, 1.165) is 21.6 Å². The van der Waals surface area contributed by atoms with Gasteiger partial charge in [-0.2, -0.15) is 0 Å². The van der Waals surface area contributed by atoms with Crippen molar-refractivity contribution >= 4 is 27.5 Å². The average molecular weight is 338 g/mol. The van der Waals surface area contributed by atoms with Crippen LogP contribution in [0.15, 0.2) is 22.7 Å². The van der Waals surface area contributed by atoms with Crippen LogP contribution in [0.5, 0.6) is 0 Å². The van der Waals surface area contributed by atoms with E-state index in [1.54, 1.807) is 0 Å². The molecule has 3 rings (SSSR count). The Bertz CT molecular complexity index is 628. The molecule has 2 aromatic rings. The highest BCUT2D eigenvalue weighted by Crippen LogP contribution is 2.40. The van der Waals surface area contributed by atoms with Crippen LogP contribution in [-0.4, -0.2) is 9.97 Å². The van der Waals surface area contributed by atoms with Crippen molar-refractivity contribution < 1.29 is 0 Å². The van der Waals surface area contributed by atoms with E-state index in [4.69, 9.17) is 11.6 Å². The Morgan fingerprint density at radius 1 is 1.11 bits per heavy atom. The highest BCUT2D eigenvalue weighted by atomic mass is 79.9. The number of hydrogen-bond acceptors (Lipinski definition) is 2. The minimum atomic E-state index is 0.533. The summed E-state index contributed by atoms with van der Waals surface area (Å²) in [7, 11) is 0. The van der Waals surface area contributed by atoms with Gasteiger partial charge in [0.2, 0.25) is 0 Å². The third kappa shape index (κ3) is 2.67. The zero-order chi connectivity index (χ0) is 13.6. The molecule has 0 aliphatic heterocycles. The van der Waals surface area contributed by atoms with Crippen LogP contribution < -0.4 is 0 Å². The summed E-state index contributed by atoms with van der Waals surface area (Å²) < 4.78 is 1.14. The van der Waals surface area contributed by atoms with Crippen LogP contribution in [0.1, 0.15) is 35.6 Å². The van der Waals surface area contributed by atoms with Gasteiger partial charge in [0, 0.05) is 21.6 Å². The number of aryl methyl sites for hydroxylation is 2. The lowest BCUT2D eigenvalue weighted by Gasteiger charge is -2.08. The summed E-state index contributed by atoms with van der Waals surface area (Å²) in [5.74, 6) is 1.31. The lowest BCUT2D eigenvalue weighted by molar-refractivity contribution is 0.993. The van der Waals surface area contributed by atoms with Gasteiger partial charge in [-0.1, -0.05) is 27.5 Å². The van der Waals surface area contributed by atoms with Gasteiger partial charge in [-0.05, 0) is 56.0 Å². The van der Waals surface area contributed by atoms with Crippen LogP contribution in [0, 0.1) is 13.8 Å². The van der Waals surface area contributed by atoms with Crippen LogP contribution in [0.3, 0.4) is 0 Å². The first-order valence-electron chi connectivity index (χ1n) is 6.36. The predicted octanol–water partition coefficient (Wildman–Crippen LogP) is 5.05. The maximum Gasteiger partial charge on any atom is 0.161 e. The Hall–Kier alpha value is -0.930. The summed E-state index contributed by atoms with van der Waals surface area (Å²) in [5, 5.41) is 0.533. The Morgan fingerprint density at radius 2 is 1.74 bits per heavy atom. The van der Waals surface area contributed by atoms with E-state index in [1.807, 2.05) is 6.07 Å². The first-order valence-corrected chi connectivity index (χ1v) is 7.53. The molecule has 98 valence electrons. The van der Waals surface area contributed by atoms with E-state index in [9.17, 15) is 0 Å². The molecule has 4 heteroatoms. The molecule has 0 unspecified atom stereocenters. The SMILES string of the molecule is Cc1cc(-c2nc(Cl)cc(C3CC3)n2)cc(C)c1Br. The lowest BCUT2D eigenvalue weighted by atomic mass is 10.1. The number of aromatic nitrogens is 2. The molecule has 1 fully saturated rings. The molecular weight excluding hydrogens is 324 g/mol. The Labute approximate surface area is 126 Å². The molecule has 0 N–H and O–H groups in total. The number of halogens is 2. The van der Waals surface area contributed by atoms with Gasteiger partial charge >= 0.3 is 0 Å². The molecule has 0 amide bonds. The van der Waals surface area contributed by atoms with E-state index in [2.05, 4.69) is 51.9 Å². The van der Waals surface area contributed by atoms with E-state index in [0.29, 0.717) is 11.1 Å². The predicted molar refractivity (Wildman–Crippen MR) is 81.6 cm³/mol. The summed E-state index contributed by atoms with van der Waals surface area (Å²) in [6, 6.07) is 6.08. The first-order chi connectivity index (χ1) is 9.04. The van der Waals surface area contributed by atoms with Gasteiger partial charge in [0.1, 0.15) is 5.15 Å². The summed E-state index contributed by atoms with van der Waals surface area (Å²) in [4.78, 5) is 9.03. The molecule has 1 aliphatic rings. The van der Waals surface area contributed by atoms with Crippen molar-refractivity contribution in [1.82, 2.24) is 9.97 Å². The fourth-order valence-corrected chi connectivity index (χ4v) is 2.65. The number of benzene rings is 1. The van der Waals surface area contributed by atoms with Crippen LogP contribution in [0.4, 0.5) is 0 Å². The van der Waals surface area contributed by atoms with E-state index in [1.165, 1.54) is 24.0 Å². The van der Waals surface area contributed by atoms with Gasteiger partial charge in [-0.25, -0.2) is 9.97 Å². The average Bonchev–Trinajstić information content (AvgIpc) is 3.18. The monoisotopic (exact) mass is 336 g/mol. The topological polar surface area (TPSA) is 25.8 Å². The van der Waals surface area contributed by atoms with Gasteiger partial charge in [0.05, 0.1) is 0 Å². The number of nitrogens with zero attached hydrogens (tertiary/aromatic N) is 2. The second-order valence-electron chi connectivity index (χ2n) is 5.14. The van der Waals surface area contributed by atoms with Crippen LogP contribution in [0.2, 0.25) is 5.15 Å². The summed E-state index contributed by atoms with van der Waals surface area (Å²) in [6.07, 6.45) is 2.43. The van der Waals surface area contributed by atoms with Gasteiger partial charge < -0.3 is 0 Å². The van der Waals surface area contributed by atoms with E-state index >= 15 is 0 Å². The summed E-state index contributed by atoms with van der Waals surface area (Å²) in [6.45, 7) is 4.15. The Kier molecular flexibility index (Phi) is 3.35. The second-order valence-corrected chi connectivity index (χ2v) is 6.32. The first kappa shape index (κ1) is 13.1. The third-order valence-corrected chi connectivity index (χ3v) is 4.85. The second kappa shape index (κ2) is 4.88. The van der Waals surface area contributed by atoms with Gasteiger partial charge in [0.25, 0.3) is 0 Å². The quantitative estimate of drug-likeness (QED) is 0.716. The van der Waals surface area contributed by atoms with E-state index in [-0.39, 0.29) is 0 Å². The Morgan fingerprint density at radius 3 is 2.32 bits per heavy atom. The van der Waals surface area contributed by atoms with Crippen molar-refractivity contribution in [1.29, 1.82) is 0 Å². The highest BCUT2D eigenvalue weighted by molar-refractivity contribution is 9.10. The zero-order valence-electron chi connectivity index (χ0n) is 10.9. The standard InChI is InChI=1S/C15H14BrClN2/c1-8-5-11(6-9(2)14(8)16)15-18-12(10-3-4-10)7-13(17)19-15/h5-7,10H,3-4H2,1-2H3. The minimum absolute atomic E-state index is 0.533. The van der Waals surface area contributed by atoms with Crippen molar-refractivity contribution in [2.45, 2.75) is 32.6 Å². The molecule has 0 bridgehead atoms. The molecule has 1 saturated carbocycles. The fourth-order valence-electron chi connectivity index (χ4n) is 2.23. The van der Waals surface area contributed by atoms with E-state index < -0.39 is 0 Å². The van der Waals surface area contributed by atoms with Gasteiger partial charge in [0.15, 0.2) is 5.82 Å².